The summed E-state index contributed by atoms with van der Waals surface area (Å²) in [6, 6.07) is 11.6. The molecule has 0 spiro atoms. The number of benzene rings is 2. The molecule has 2 N–H and O–H groups in total. The van der Waals surface area contributed by atoms with E-state index in [0.29, 0.717) is 27.9 Å². The number of ether oxygens (including phenoxy) is 3. The third kappa shape index (κ3) is 6.58. The summed E-state index contributed by atoms with van der Waals surface area (Å²) in [5, 5.41) is 5.86. The minimum absolute atomic E-state index is 0.0503. The van der Waals surface area contributed by atoms with Crippen molar-refractivity contribution in [2.75, 3.05) is 35.5 Å². The van der Waals surface area contributed by atoms with Crippen molar-refractivity contribution in [1.29, 1.82) is 0 Å². The average molecular weight is 437 g/mol. The summed E-state index contributed by atoms with van der Waals surface area (Å²) in [5.41, 5.74) is 1.12. The predicted octanol–water partition coefficient (Wildman–Crippen LogP) is 2.92. The number of carbonyl (C=O) groups excluding carboxylic acids is 3. The van der Waals surface area contributed by atoms with Crippen molar-refractivity contribution in [1.82, 2.24) is 0 Å². The van der Waals surface area contributed by atoms with Gasteiger partial charge < -0.3 is 24.8 Å². The number of nitrogens with one attached hydrogen (secondary N) is 2. The molecular weight excluding hydrogens is 420 g/mol. The zero-order valence-electron chi connectivity index (χ0n) is 15.1. The second-order valence-corrected chi connectivity index (χ2v) is 7.25. The van der Waals surface area contributed by atoms with Crippen LogP contribution in [-0.2, 0) is 19.1 Å². The van der Waals surface area contributed by atoms with Gasteiger partial charge in [-0.25, -0.2) is 0 Å². The molecule has 152 valence electrons. The minimum atomic E-state index is -0.588. The molecule has 3 rings (SSSR count). The molecule has 0 bridgehead atoms. The van der Waals surface area contributed by atoms with Gasteiger partial charge in [-0.05, 0) is 36.4 Å². The zero-order chi connectivity index (χ0) is 20.6. The molecule has 2 aromatic rings. The lowest BCUT2D eigenvalue weighted by Gasteiger charge is -2.08. The number of esters is 1. The Hall–Kier alpha value is -2.91. The maximum absolute atomic E-state index is 11.9. The van der Waals surface area contributed by atoms with Crippen LogP contribution in [0.2, 0.25) is 5.02 Å². The van der Waals surface area contributed by atoms with Gasteiger partial charge in [0.05, 0.1) is 11.5 Å². The highest BCUT2D eigenvalue weighted by Gasteiger charge is 2.15. The molecular formula is C19H17ClN2O6S. The molecule has 0 unspecified atom stereocenters. The first-order valence-corrected chi connectivity index (χ1v) is 10.0. The van der Waals surface area contributed by atoms with E-state index in [1.165, 1.54) is 0 Å². The summed E-state index contributed by atoms with van der Waals surface area (Å²) in [4.78, 5) is 35.4. The van der Waals surface area contributed by atoms with E-state index in [0.717, 1.165) is 11.8 Å². The van der Waals surface area contributed by atoms with Crippen molar-refractivity contribution >= 4 is 52.5 Å². The summed E-state index contributed by atoms with van der Waals surface area (Å²) in [6.45, 7) is -0.287. The molecule has 0 saturated heterocycles. The van der Waals surface area contributed by atoms with Crippen molar-refractivity contribution in [2.45, 2.75) is 0 Å². The van der Waals surface area contributed by atoms with Crippen LogP contribution in [0.5, 0.6) is 11.5 Å². The van der Waals surface area contributed by atoms with E-state index < -0.39 is 18.5 Å². The Bertz CT molecular complexity index is 906. The molecule has 10 heteroatoms. The largest absolute Gasteiger partial charge is 0.455 e. The predicted molar refractivity (Wildman–Crippen MR) is 110 cm³/mol. The highest BCUT2D eigenvalue weighted by molar-refractivity contribution is 8.00. The highest BCUT2D eigenvalue weighted by atomic mass is 35.5. The topological polar surface area (TPSA) is 103 Å². The lowest BCUT2D eigenvalue weighted by molar-refractivity contribution is -0.144. The smallest absolute Gasteiger partial charge is 0.316 e. The molecule has 0 saturated carbocycles. The number of fused-ring (bicyclic) bond motifs is 1. The second kappa shape index (κ2) is 10.0. The first-order chi connectivity index (χ1) is 14.0. The van der Waals surface area contributed by atoms with Crippen LogP contribution in [0.25, 0.3) is 0 Å². The standard InChI is InChI=1S/C19H17ClN2O6S/c20-12-1-3-13(4-2-12)21-18(24)9-29-10-19(25)26-8-17(23)22-14-5-6-15-16(7-14)28-11-27-15/h1-7H,8-11H2,(H,21,24)(H,22,23). The van der Waals surface area contributed by atoms with Crippen molar-refractivity contribution in [3.8, 4) is 11.5 Å². The SMILES string of the molecule is O=C(COC(=O)CSCC(=O)Nc1ccc(Cl)cc1)Nc1ccc2c(c1)OCO2. The Labute approximate surface area is 175 Å². The number of rotatable bonds is 8. The van der Waals surface area contributed by atoms with Crippen LogP contribution in [0.15, 0.2) is 42.5 Å². The number of carbonyl (C=O) groups is 3. The van der Waals surface area contributed by atoms with Gasteiger partial charge in [-0.3, -0.25) is 14.4 Å². The zero-order valence-corrected chi connectivity index (χ0v) is 16.7. The molecule has 0 radical (unpaired) electrons. The van der Waals surface area contributed by atoms with Crippen LogP contribution in [0.4, 0.5) is 11.4 Å². The maximum atomic E-state index is 11.9. The number of thioether (sulfide) groups is 1. The molecule has 0 atom stereocenters. The quantitative estimate of drug-likeness (QED) is 0.613. The lowest BCUT2D eigenvalue weighted by Crippen LogP contribution is -2.22. The minimum Gasteiger partial charge on any atom is -0.455 e. The Balaban J connectivity index is 1.31. The fourth-order valence-corrected chi connectivity index (χ4v) is 3.05. The maximum Gasteiger partial charge on any atom is 0.316 e. The van der Waals surface area contributed by atoms with Crippen molar-refractivity contribution in [3.63, 3.8) is 0 Å². The van der Waals surface area contributed by atoms with Gasteiger partial charge in [0, 0.05) is 22.5 Å². The number of anilines is 2. The summed E-state index contributed by atoms with van der Waals surface area (Å²) in [6.07, 6.45) is 0. The van der Waals surface area contributed by atoms with Gasteiger partial charge in [-0.1, -0.05) is 11.6 Å². The van der Waals surface area contributed by atoms with E-state index >= 15 is 0 Å². The Morgan fingerprint density at radius 2 is 1.62 bits per heavy atom. The lowest BCUT2D eigenvalue weighted by atomic mass is 10.3. The van der Waals surface area contributed by atoms with Crippen molar-refractivity contribution in [3.05, 3.63) is 47.5 Å². The van der Waals surface area contributed by atoms with Gasteiger partial charge in [0.2, 0.25) is 12.7 Å². The van der Waals surface area contributed by atoms with E-state index in [1.54, 1.807) is 42.5 Å². The van der Waals surface area contributed by atoms with Crippen LogP contribution in [0.3, 0.4) is 0 Å². The van der Waals surface area contributed by atoms with Crippen LogP contribution in [0, 0.1) is 0 Å². The molecule has 1 aliphatic rings. The van der Waals surface area contributed by atoms with E-state index in [9.17, 15) is 14.4 Å². The summed E-state index contributed by atoms with van der Waals surface area (Å²) < 4.78 is 15.3. The average Bonchev–Trinajstić information content (AvgIpc) is 3.16. The third-order valence-electron chi connectivity index (χ3n) is 3.60. The number of hydrogen-bond donors (Lipinski definition) is 2. The Kier molecular flexibility index (Phi) is 7.20. The number of halogens is 1. The normalized spacial score (nSPS) is 11.6. The van der Waals surface area contributed by atoms with E-state index in [-0.39, 0.29) is 24.2 Å². The molecule has 1 aliphatic heterocycles. The first kappa shape index (κ1) is 20.8. The molecule has 8 nitrogen and oxygen atoms in total. The molecule has 29 heavy (non-hydrogen) atoms. The van der Waals surface area contributed by atoms with Crippen LogP contribution >= 0.6 is 23.4 Å². The van der Waals surface area contributed by atoms with E-state index in [1.807, 2.05) is 0 Å². The number of amides is 2. The van der Waals surface area contributed by atoms with Crippen LogP contribution < -0.4 is 20.1 Å². The first-order valence-electron chi connectivity index (χ1n) is 8.48. The summed E-state index contributed by atoms with van der Waals surface area (Å²) >= 11 is 6.87. The summed E-state index contributed by atoms with van der Waals surface area (Å²) in [5.74, 6) is -0.171. The van der Waals surface area contributed by atoms with E-state index in [2.05, 4.69) is 10.6 Å². The van der Waals surface area contributed by atoms with Gasteiger partial charge >= 0.3 is 5.97 Å². The van der Waals surface area contributed by atoms with Gasteiger partial charge in [-0.15, -0.1) is 11.8 Å². The molecule has 0 fully saturated rings. The fraction of sp³-hybridized carbons (Fsp3) is 0.211. The second-order valence-electron chi connectivity index (χ2n) is 5.82. The van der Waals surface area contributed by atoms with Gasteiger partial charge in [-0.2, -0.15) is 0 Å². The van der Waals surface area contributed by atoms with E-state index in [4.69, 9.17) is 25.8 Å². The fourth-order valence-electron chi connectivity index (χ4n) is 2.32. The third-order valence-corrected chi connectivity index (χ3v) is 4.76. The molecule has 2 amide bonds. The monoisotopic (exact) mass is 436 g/mol. The van der Waals surface area contributed by atoms with Gasteiger partial charge in [0.25, 0.3) is 5.91 Å². The Morgan fingerprint density at radius 3 is 2.41 bits per heavy atom. The molecule has 2 aromatic carbocycles. The molecule has 0 aliphatic carbocycles. The van der Waals surface area contributed by atoms with Crippen LogP contribution in [-0.4, -0.2) is 42.7 Å². The number of hydrogen-bond acceptors (Lipinski definition) is 7. The van der Waals surface area contributed by atoms with Gasteiger partial charge in [0.15, 0.2) is 18.1 Å². The van der Waals surface area contributed by atoms with Gasteiger partial charge in [0.1, 0.15) is 0 Å². The Morgan fingerprint density at radius 1 is 0.931 bits per heavy atom. The van der Waals surface area contributed by atoms with Crippen molar-refractivity contribution in [2.24, 2.45) is 0 Å². The molecule has 1 heterocycles. The van der Waals surface area contributed by atoms with Crippen molar-refractivity contribution < 1.29 is 28.6 Å². The van der Waals surface area contributed by atoms with Crippen LogP contribution in [0.1, 0.15) is 0 Å². The summed E-state index contributed by atoms with van der Waals surface area (Å²) in [7, 11) is 0. The highest BCUT2D eigenvalue weighted by Crippen LogP contribution is 2.34. The molecule has 0 aromatic heterocycles.